The van der Waals surface area contributed by atoms with Crippen LogP contribution in [0.1, 0.15) is 19.3 Å². The van der Waals surface area contributed by atoms with E-state index < -0.39 is 0 Å². The van der Waals surface area contributed by atoms with Crippen LogP contribution in [0.3, 0.4) is 0 Å². The summed E-state index contributed by atoms with van der Waals surface area (Å²) in [6.07, 6.45) is 7.12. The number of anilines is 1. The Hall–Kier alpha value is -1.19. The van der Waals surface area contributed by atoms with Crippen molar-refractivity contribution in [1.82, 2.24) is 15.2 Å². The van der Waals surface area contributed by atoms with Crippen molar-refractivity contribution in [3.8, 4) is 0 Å². The van der Waals surface area contributed by atoms with Gasteiger partial charge in [0, 0.05) is 13.1 Å². The molecule has 2 rings (SSSR count). The monoisotopic (exact) mass is 164 g/mol. The molecule has 0 amide bonds. The smallest absolute Gasteiger partial charge is 0.245 e. The van der Waals surface area contributed by atoms with Gasteiger partial charge in [-0.25, -0.2) is 4.98 Å². The number of aromatic nitrogens is 3. The molecule has 1 aliphatic rings. The second-order valence-electron chi connectivity index (χ2n) is 2.99. The lowest BCUT2D eigenvalue weighted by Crippen LogP contribution is -2.31. The van der Waals surface area contributed by atoms with Gasteiger partial charge in [-0.1, -0.05) is 0 Å². The normalized spacial score (nSPS) is 17.8. The lowest BCUT2D eigenvalue weighted by molar-refractivity contribution is 0.565. The van der Waals surface area contributed by atoms with Crippen molar-refractivity contribution in [3.05, 3.63) is 12.4 Å². The summed E-state index contributed by atoms with van der Waals surface area (Å²) in [7, 11) is 0. The zero-order valence-corrected chi connectivity index (χ0v) is 6.98. The Labute approximate surface area is 71.6 Å². The van der Waals surface area contributed by atoms with Crippen LogP contribution in [-0.2, 0) is 0 Å². The van der Waals surface area contributed by atoms with Crippen molar-refractivity contribution in [2.45, 2.75) is 19.3 Å². The van der Waals surface area contributed by atoms with Crippen LogP contribution in [0.2, 0.25) is 0 Å². The van der Waals surface area contributed by atoms with E-state index in [0.29, 0.717) is 0 Å². The van der Waals surface area contributed by atoms with Gasteiger partial charge in [0.2, 0.25) is 5.95 Å². The zero-order valence-electron chi connectivity index (χ0n) is 6.98. The minimum absolute atomic E-state index is 0.775. The predicted octanol–water partition coefficient (Wildman–Crippen LogP) is 0.862. The van der Waals surface area contributed by atoms with E-state index in [1.54, 1.807) is 12.4 Å². The van der Waals surface area contributed by atoms with Crippen molar-refractivity contribution < 1.29 is 0 Å². The molecule has 1 fully saturated rings. The third-order valence-corrected chi connectivity index (χ3v) is 2.11. The second-order valence-corrected chi connectivity index (χ2v) is 2.99. The Balaban J connectivity index is 2.08. The molecule has 0 aromatic carbocycles. The van der Waals surface area contributed by atoms with Crippen LogP contribution >= 0.6 is 0 Å². The summed E-state index contributed by atoms with van der Waals surface area (Å²) >= 11 is 0. The summed E-state index contributed by atoms with van der Waals surface area (Å²) < 4.78 is 0. The molecule has 2 heterocycles. The molecule has 0 saturated carbocycles. The van der Waals surface area contributed by atoms with Crippen molar-refractivity contribution >= 4 is 5.95 Å². The Morgan fingerprint density at radius 3 is 2.58 bits per heavy atom. The van der Waals surface area contributed by atoms with Gasteiger partial charge in [0.15, 0.2) is 0 Å². The summed E-state index contributed by atoms with van der Waals surface area (Å²) in [5.41, 5.74) is 0. The fourth-order valence-corrected chi connectivity index (χ4v) is 1.48. The van der Waals surface area contributed by atoms with Crippen molar-refractivity contribution in [3.63, 3.8) is 0 Å². The van der Waals surface area contributed by atoms with Crippen molar-refractivity contribution in [1.29, 1.82) is 0 Å². The highest BCUT2D eigenvalue weighted by Gasteiger charge is 2.12. The molecule has 1 saturated heterocycles. The van der Waals surface area contributed by atoms with Gasteiger partial charge >= 0.3 is 0 Å². The first kappa shape index (κ1) is 7.46. The lowest BCUT2D eigenvalue weighted by Gasteiger charge is -2.25. The Morgan fingerprint density at radius 2 is 1.92 bits per heavy atom. The number of piperidine rings is 1. The molecule has 4 nitrogen and oxygen atoms in total. The fourth-order valence-electron chi connectivity index (χ4n) is 1.48. The van der Waals surface area contributed by atoms with Crippen LogP contribution in [0, 0.1) is 0 Å². The third kappa shape index (κ3) is 1.52. The van der Waals surface area contributed by atoms with Crippen LogP contribution in [-0.4, -0.2) is 28.3 Å². The highest BCUT2D eigenvalue weighted by molar-refractivity contribution is 5.26. The van der Waals surface area contributed by atoms with Gasteiger partial charge in [-0.15, -0.1) is 5.10 Å². The standard InChI is InChI=1S/C8H12N4/c1-2-6-12(7-3-1)8-9-4-5-10-11-8/h4-5H,1-3,6-7H2. The van der Waals surface area contributed by atoms with Gasteiger partial charge in [0.05, 0.1) is 12.4 Å². The summed E-state index contributed by atoms with van der Waals surface area (Å²) in [4.78, 5) is 6.35. The quantitative estimate of drug-likeness (QED) is 0.617. The molecule has 12 heavy (non-hydrogen) atoms. The summed E-state index contributed by atoms with van der Waals surface area (Å²) in [6.45, 7) is 2.15. The van der Waals surface area contributed by atoms with Gasteiger partial charge in [0.25, 0.3) is 0 Å². The molecule has 0 unspecified atom stereocenters. The Kier molecular flexibility index (Phi) is 2.16. The van der Waals surface area contributed by atoms with E-state index in [1.165, 1.54) is 19.3 Å². The van der Waals surface area contributed by atoms with Gasteiger partial charge in [-0.05, 0) is 19.3 Å². The highest BCUT2D eigenvalue weighted by atomic mass is 15.3. The molecule has 1 aromatic heterocycles. The average Bonchev–Trinajstić information content (AvgIpc) is 2.21. The molecule has 0 N–H and O–H groups in total. The maximum absolute atomic E-state index is 4.15. The minimum Gasteiger partial charge on any atom is -0.340 e. The van der Waals surface area contributed by atoms with E-state index in [-0.39, 0.29) is 0 Å². The molecule has 64 valence electrons. The number of hydrogen-bond acceptors (Lipinski definition) is 4. The topological polar surface area (TPSA) is 41.9 Å². The first-order valence-corrected chi connectivity index (χ1v) is 4.35. The largest absolute Gasteiger partial charge is 0.340 e. The van der Waals surface area contributed by atoms with Gasteiger partial charge in [-0.2, -0.15) is 5.10 Å². The van der Waals surface area contributed by atoms with E-state index in [9.17, 15) is 0 Å². The maximum Gasteiger partial charge on any atom is 0.245 e. The van der Waals surface area contributed by atoms with Crippen LogP contribution in [0.5, 0.6) is 0 Å². The van der Waals surface area contributed by atoms with Crippen molar-refractivity contribution in [2.75, 3.05) is 18.0 Å². The predicted molar refractivity (Wildman–Crippen MR) is 45.9 cm³/mol. The van der Waals surface area contributed by atoms with E-state index in [1.807, 2.05) is 0 Å². The van der Waals surface area contributed by atoms with E-state index in [0.717, 1.165) is 19.0 Å². The van der Waals surface area contributed by atoms with Crippen LogP contribution in [0.4, 0.5) is 5.95 Å². The molecule has 0 spiro atoms. The van der Waals surface area contributed by atoms with Crippen LogP contribution in [0.15, 0.2) is 12.4 Å². The summed E-state index contributed by atoms with van der Waals surface area (Å²) in [5, 5.41) is 7.77. The fraction of sp³-hybridized carbons (Fsp3) is 0.625. The Bertz CT molecular complexity index is 230. The van der Waals surface area contributed by atoms with Gasteiger partial charge in [-0.3, -0.25) is 0 Å². The first-order valence-electron chi connectivity index (χ1n) is 4.35. The molecule has 0 radical (unpaired) electrons. The molecular formula is C8H12N4. The SMILES string of the molecule is c1cnc(N2CCCCC2)nn1. The van der Waals surface area contributed by atoms with E-state index >= 15 is 0 Å². The number of rotatable bonds is 1. The molecular weight excluding hydrogens is 152 g/mol. The van der Waals surface area contributed by atoms with Gasteiger partial charge < -0.3 is 4.90 Å². The number of hydrogen-bond donors (Lipinski definition) is 0. The Morgan fingerprint density at radius 1 is 1.08 bits per heavy atom. The van der Waals surface area contributed by atoms with E-state index in [4.69, 9.17) is 0 Å². The molecule has 0 bridgehead atoms. The van der Waals surface area contributed by atoms with Gasteiger partial charge in [0.1, 0.15) is 0 Å². The second kappa shape index (κ2) is 3.47. The highest BCUT2D eigenvalue weighted by Crippen LogP contribution is 2.13. The molecule has 0 aliphatic carbocycles. The third-order valence-electron chi connectivity index (χ3n) is 2.11. The number of nitrogens with zero attached hydrogens (tertiary/aromatic N) is 4. The minimum atomic E-state index is 0.775. The molecule has 1 aromatic rings. The first-order chi connectivity index (χ1) is 5.97. The van der Waals surface area contributed by atoms with E-state index in [2.05, 4.69) is 20.1 Å². The molecule has 4 heteroatoms. The summed E-state index contributed by atoms with van der Waals surface area (Å²) in [5.74, 6) is 0.775. The molecule has 0 atom stereocenters. The van der Waals surface area contributed by atoms with Crippen LogP contribution < -0.4 is 4.90 Å². The lowest BCUT2D eigenvalue weighted by atomic mass is 10.1. The average molecular weight is 164 g/mol. The van der Waals surface area contributed by atoms with Crippen molar-refractivity contribution in [2.24, 2.45) is 0 Å². The summed E-state index contributed by atoms with van der Waals surface area (Å²) in [6, 6.07) is 0. The maximum atomic E-state index is 4.15. The zero-order chi connectivity index (χ0) is 8.23. The van der Waals surface area contributed by atoms with Crippen LogP contribution in [0.25, 0.3) is 0 Å². The molecule has 1 aliphatic heterocycles.